The summed E-state index contributed by atoms with van der Waals surface area (Å²) in [7, 11) is 0. The molecule has 0 unspecified atom stereocenters. The van der Waals surface area contributed by atoms with Gasteiger partial charge in [-0.2, -0.15) is 0 Å². The summed E-state index contributed by atoms with van der Waals surface area (Å²) in [5.41, 5.74) is 0.907. The van der Waals surface area contributed by atoms with Crippen LogP contribution in [0.15, 0.2) is 29.4 Å². The van der Waals surface area contributed by atoms with Crippen LogP contribution in [0.1, 0.15) is 29.0 Å². The van der Waals surface area contributed by atoms with E-state index in [9.17, 15) is 4.79 Å². The zero-order valence-electron chi connectivity index (χ0n) is 7.17. The second kappa shape index (κ2) is 3.90. The quantitative estimate of drug-likeness (QED) is 0.506. The first kappa shape index (κ1) is 8.78. The van der Waals surface area contributed by atoms with Gasteiger partial charge in [0, 0.05) is 6.42 Å². The van der Waals surface area contributed by atoms with Gasteiger partial charge in [0.2, 0.25) is 0 Å². The van der Waals surface area contributed by atoms with Gasteiger partial charge in [-0.3, -0.25) is 4.79 Å². The van der Waals surface area contributed by atoms with E-state index in [0.717, 1.165) is 5.56 Å². The van der Waals surface area contributed by atoms with Gasteiger partial charge in [-0.1, -0.05) is 6.08 Å². The Balaban J connectivity index is 2.65. The van der Waals surface area contributed by atoms with Crippen molar-refractivity contribution >= 4 is 5.78 Å². The molecule has 1 aromatic heterocycles. The summed E-state index contributed by atoms with van der Waals surface area (Å²) < 4.78 is 5.04. The minimum atomic E-state index is 0.0531. The SMILES string of the molecule is C=CCCC(=O)c1occc1C. The molecule has 0 spiro atoms. The minimum Gasteiger partial charge on any atom is -0.461 e. The number of Topliss-reactive ketones (excluding diaryl/α,β-unsaturated/α-hetero) is 1. The Hall–Kier alpha value is -1.31. The van der Waals surface area contributed by atoms with E-state index >= 15 is 0 Å². The summed E-state index contributed by atoms with van der Waals surface area (Å²) in [5, 5.41) is 0. The second-order valence-electron chi connectivity index (χ2n) is 2.68. The zero-order valence-corrected chi connectivity index (χ0v) is 7.17. The Morgan fingerprint density at radius 3 is 3.00 bits per heavy atom. The van der Waals surface area contributed by atoms with E-state index in [1.54, 1.807) is 12.1 Å². The van der Waals surface area contributed by atoms with Crippen molar-refractivity contribution in [3.05, 3.63) is 36.3 Å². The minimum absolute atomic E-state index is 0.0531. The van der Waals surface area contributed by atoms with Crippen LogP contribution < -0.4 is 0 Å². The molecule has 12 heavy (non-hydrogen) atoms. The number of ketones is 1. The largest absolute Gasteiger partial charge is 0.461 e. The fourth-order valence-electron chi connectivity index (χ4n) is 1.01. The standard InChI is InChI=1S/C10H12O2/c1-3-4-5-9(11)10-8(2)6-7-12-10/h3,6-7H,1,4-5H2,2H3. The Bertz CT molecular complexity index is 284. The second-order valence-corrected chi connectivity index (χ2v) is 2.68. The monoisotopic (exact) mass is 164 g/mol. The molecule has 0 bridgehead atoms. The van der Waals surface area contributed by atoms with E-state index in [2.05, 4.69) is 6.58 Å². The van der Waals surface area contributed by atoms with E-state index in [-0.39, 0.29) is 5.78 Å². The lowest BCUT2D eigenvalue weighted by Gasteiger charge is -1.94. The normalized spacial score (nSPS) is 9.75. The summed E-state index contributed by atoms with van der Waals surface area (Å²) in [6.45, 7) is 5.42. The molecule has 0 aliphatic heterocycles. The van der Waals surface area contributed by atoms with Crippen LogP contribution in [0.4, 0.5) is 0 Å². The van der Waals surface area contributed by atoms with Crippen molar-refractivity contribution in [2.24, 2.45) is 0 Å². The molecule has 1 heterocycles. The summed E-state index contributed by atoms with van der Waals surface area (Å²) in [6, 6.07) is 1.79. The maximum absolute atomic E-state index is 11.3. The molecular weight excluding hydrogens is 152 g/mol. The van der Waals surface area contributed by atoms with Crippen LogP contribution >= 0.6 is 0 Å². The van der Waals surface area contributed by atoms with Crippen LogP contribution in [0.3, 0.4) is 0 Å². The Morgan fingerprint density at radius 1 is 1.75 bits per heavy atom. The van der Waals surface area contributed by atoms with Crippen molar-refractivity contribution in [2.45, 2.75) is 19.8 Å². The number of furan rings is 1. The Labute approximate surface area is 71.9 Å². The van der Waals surface area contributed by atoms with Crippen molar-refractivity contribution in [1.82, 2.24) is 0 Å². The van der Waals surface area contributed by atoms with E-state index < -0.39 is 0 Å². The predicted molar refractivity (Wildman–Crippen MR) is 47.2 cm³/mol. The molecule has 0 amide bonds. The van der Waals surface area contributed by atoms with Gasteiger partial charge in [-0.25, -0.2) is 0 Å². The fraction of sp³-hybridized carbons (Fsp3) is 0.300. The molecular formula is C10H12O2. The van der Waals surface area contributed by atoms with E-state index in [1.165, 1.54) is 6.26 Å². The Kier molecular flexibility index (Phi) is 2.86. The number of rotatable bonds is 4. The lowest BCUT2D eigenvalue weighted by molar-refractivity contribution is 0.0956. The molecule has 0 aromatic carbocycles. The molecule has 0 saturated carbocycles. The smallest absolute Gasteiger partial charge is 0.198 e. The highest BCUT2D eigenvalue weighted by Gasteiger charge is 2.10. The number of allylic oxidation sites excluding steroid dienone is 1. The van der Waals surface area contributed by atoms with Gasteiger partial charge in [0.1, 0.15) is 0 Å². The molecule has 0 saturated heterocycles. The molecule has 1 rings (SSSR count). The van der Waals surface area contributed by atoms with Gasteiger partial charge in [-0.15, -0.1) is 6.58 Å². The number of aryl methyl sites for hydroxylation is 1. The van der Waals surface area contributed by atoms with Crippen LogP contribution in [0.5, 0.6) is 0 Å². The summed E-state index contributed by atoms with van der Waals surface area (Å²) in [4.78, 5) is 11.3. The van der Waals surface area contributed by atoms with Crippen molar-refractivity contribution in [3.8, 4) is 0 Å². The molecule has 0 N–H and O–H groups in total. The first-order valence-electron chi connectivity index (χ1n) is 3.94. The number of hydrogen-bond acceptors (Lipinski definition) is 2. The summed E-state index contributed by atoms with van der Waals surface area (Å²) >= 11 is 0. The van der Waals surface area contributed by atoms with Gasteiger partial charge in [0.05, 0.1) is 6.26 Å². The van der Waals surface area contributed by atoms with Crippen LogP contribution in [-0.2, 0) is 0 Å². The molecule has 0 atom stereocenters. The van der Waals surface area contributed by atoms with E-state index in [0.29, 0.717) is 18.6 Å². The van der Waals surface area contributed by atoms with Gasteiger partial charge in [0.25, 0.3) is 0 Å². The topological polar surface area (TPSA) is 30.2 Å². The van der Waals surface area contributed by atoms with Crippen LogP contribution in [0, 0.1) is 6.92 Å². The molecule has 64 valence electrons. The third-order valence-electron chi connectivity index (χ3n) is 1.69. The predicted octanol–water partition coefficient (Wildman–Crippen LogP) is 2.74. The zero-order chi connectivity index (χ0) is 8.97. The number of carbonyl (C=O) groups is 1. The van der Waals surface area contributed by atoms with Crippen molar-refractivity contribution in [3.63, 3.8) is 0 Å². The van der Waals surface area contributed by atoms with Gasteiger partial charge < -0.3 is 4.42 Å². The Morgan fingerprint density at radius 2 is 2.50 bits per heavy atom. The average Bonchev–Trinajstić information content (AvgIpc) is 2.47. The molecule has 0 radical (unpaired) electrons. The van der Waals surface area contributed by atoms with E-state index in [4.69, 9.17) is 4.42 Å². The molecule has 1 aromatic rings. The lowest BCUT2D eigenvalue weighted by atomic mass is 10.1. The first-order valence-corrected chi connectivity index (χ1v) is 3.94. The van der Waals surface area contributed by atoms with Crippen LogP contribution in [0.2, 0.25) is 0 Å². The van der Waals surface area contributed by atoms with Crippen molar-refractivity contribution < 1.29 is 9.21 Å². The molecule has 2 nitrogen and oxygen atoms in total. The van der Waals surface area contributed by atoms with Gasteiger partial charge >= 0.3 is 0 Å². The molecule has 0 aliphatic carbocycles. The summed E-state index contributed by atoms with van der Waals surface area (Å²) in [5.74, 6) is 0.536. The number of hydrogen-bond donors (Lipinski definition) is 0. The maximum atomic E-state index is 11.3. The maximum Gasteiger partial charge on any atom is 0.198 e. The van der Waals surface area contributed by atoms with Gasteiger partial charge in [-0.05, 0) is 25.0 Å². The van der Waals surface area contributed by atoms with Crippen molar-refractivity contribution in [1.29, 1.82) is 0 Å². The number of carbonyl (C=O) groups excluding carboxylic acids is 1. The highest BCUT2D eigenvalue weighted by atomic mass is 16.3. The lowest BCUT2D eigenvalue weighted by Crippen LogP contribution is -1.97. The highest BCUT2D eigenvalue weighted by molar-refractivity contribution is 5.94. The molecule has 2 heteroatoms. The van der Waals surface area contributed by atoms with E-state index in [1.807, 2.05) is 6.92 Å². The third-order valence-corrected chi connectivity index (χ3v) is 1.69. The fourth-order valence-corrected chi connectivity index (χ4v) is 1.01. The molecule has 0 aliphatic rings. The summed E-state index contributed by atoms with van der Waals surface area (Å²) in [6.07, 6.45) is 4.46. The third kappa shape index (κ3) is 1.84. The molecule has 0 fully saturated rings. The highest BCUT2D eigenvalue weighted by Crippen LogP contribution is 2.12. The van der Waals surface area contributed by atoms with Crippen molar-refractivity contribution in [2.75, 3.05) is 0 Å². The van der Waals surface area contributed by atoms with Gasteiger partial charge in [0.15, 0.2) is 11.5 Å². The first-order chi connectivity index (χ1) is 5.75. The van der Waals surface area contributed by atoms with Crippen LogP contribution in [0.25, 0.3) is 0 Å². The van der Waals surface area contributed by atoms with Crippen LogP contribution in [-0.4, -0.2) is 5.78 Å². The average molecular weight is 164 g/mol.